The van der Waals surface area contributed by atoms with E-state index in [1.165, 1.54) is 0 Å². The Labute approximate surface area is 132 Å². The molecule has 0 spiro atoms. The predicted molar refractivity (Wildman–Crippen MR) is 85.7 cm³/mol. The Kier molecular flexibility index (Phi) is 7.82. The SMILES string of the molecule is COc1cccc([C@@H](CCO)N2CCNCC2)c1OC.Cl. The van der Waals surface area contributed by atoms with E-state index < -0.39 is 0 Å². The lowest BCUT2D eigenvalue weighted by molar-refractivity contribution is 0.138. The smallest absolute Gasteiger partial charge is 0.165 e. The number of rotatable bonds is 6. The van der Waals surface area contributed by atoms with E-state index >= 15 is 0 Å². The van der Waals surface area contributed by atoms with Crippen molar-refractivity contribution in [1.82, 2.24) is 10.2 Å². The van der Waals surface area contributed by atoms with E-state index in [0.29, 0.717) is 6.42 Å². The molecule has 0 aliphatic carbocycles. The zero-order chi connectivity index (χ0) is 14.4. The molecule has 0 saturated carbocycles. The van der Waals surface area contributed by atoms with Crippen molar-refractivity contribution in [2.75, 3.05) is 47.0 Å². The standard InChI is InChI=1S/C15H24N2O3.ClH/c1-19-14-5-3-4-12(15(14)20-2)13(6-11-18)17-9-7-16-8-10-17;/h3-5,13,16,18H,6-11H2,1-2H3;1H/t13-;/m1./s1. The molecule has 2 N–H and O–H groups in total. The van der Waals surface area contributed by atoms with Crippen molar-refractivity contribution >= 4 is 12.4 Å². The average molecular weight is 317 g/mol. The molecule has 1 aliphatic heterocycles. The normalized spacial score (nSPS) is 16.9. The van der Waals surface area contributed by atoms with Gasteiger partial charge in [-0.05, 0) is 12.5 Å². The van der Waals surface area contributed by atoms with E-state index in [2.05, 4.69) is 16.3 Å². The molecule has 1 fully saturated rings. The minimum atomic E-state index is 0. The average Bonchev–Trinajstić information content (AvgIpc) is 2.52. The van der Waals surface area contributed by atoms with Crippen LogP contribution in [0.2, 0.25) is 0 Å². The summed E-state index contributed by atoms with van der Waals surface area (Å²) in [5, 5.41) is 12.8. The predicted octanol–water partition coefficient (Wildman–Crippen LogP) is 1.45. The Balaban J connectivity index is 0.00000220. The van der Waals surface area contributed by atoms with Crippen LogP contribution in [0.3, 0.4) is 0 Å². The fourth-order valence-electron chi connectivity index (χ4n) is 2.83. The van der Waals surface area contributed by atoms with Gasteiger partial charge in [0.25, 0.3) is 0 Å². The quantitative estimate of drug-likeness (QED) is 0.832. The fourth-order valence-corrected chi connectivity index (χ4v) is 2.83. The summed E-state index contributed by atoms with van der Waals surface area (Å²) in [6, 6.07) is 6.09. The van der Waals surface area contributed by atoms with Crippen molar-refractivity contribution in [3.05, 3.63) is 23.8 Å². The van der Waals surface area contributed by atoms with E-state index in [1.807, 2.05) is 12.1 Å². The lowest BCUT2D eigenvalue weighted by atomic mass is 10.00. The summed E-state index contributed by atoms with van der Waals surface area (Å²) < 4.78 is 10.9. The van der Waals surface area contributed by atoms with Gasteiger partial charge in [0.2, 0.25) is 0 Å². The van der Waals surface area contributed by atoms with Crippen LogP contribution in [0, 0.1) is 0 Å². The van der Waals surface area contributed by atoms with Crippen LogP contribution < -0.4 is 14.8 Å². The van der Waals surface area contributed by atoms with E-state index in [9.17, 15) is 5.11 Å². The Morgan fingerprint density at radius 3 is 2.52 bits per heavy atom. The van der Waals surface area contributed by atoms with E-state index in [-0.39, 0.29) is 25.1 Å². The van der Waals surface area contributed by atoms with Gasteiger partial charge in [0.05, 0.1) is 14.2 Å². The molecule has 0 aromatic heterocycles. The number of aliphatic hydroxyl groups is 1. The minimum Gasteiger partial charge on any atom is -0.493 e. The van der Waals surface area contributed by atoms with Crippen molar-refractivity contribution in [3.8, 4) is 11.5 Å². The third kappa shape index (κ3) is 4.23. The van der Waals surface area contributed by atoms with Gasteiger partial charge in [0.1, 0.15) is 0 Å². The number of methoxy groups -OCH3 is 2. The molecule has 6 heteroatoms. The summed E-state index contributed by atoms with van der Waals surface area (Å²) in [7, 11) is 3.31. The highest BCUT2D eigenvalue weighted by Crippen LogP contribution is 2.38. The molecule has 1 saturated heterocycles. The molecule has 1 aliphatic rings. The van der Waals surface area contributed by atoms with Crippen LogP contribution in [0.25, 0.3) is 0 Å². The largest absolute Gasteiger partial charge is 0.493 e. The van der Waals surface area contributed by atoms with Crippen LogP contribution >= 0.6 is 12.4 Å². The van der Waals surface area contributed by atoms with Gasteiger partial charge in [-0.1, -0.05) is 12.1 Å². The first kappa shape index (κ1) is 18.0. The van der Waals surface area contributed by atoms with E-state index in [4.69, 9.17) is 9.47 Å². The number of benzene rings is 1. The Morgan fingerprint density at radius 2 is 1.95 bits per heavy atom. The second kappa shape index (κ2) is 9.10. The van der Waals surface area contributed by atoms with Crippen molar-refractivity contribution in [3.63, 3.8) is 0 Å². The van der Waals surface area contributed by atoms with Crippen molar-refractivity contribution in [2.24, 2.45) is 0 Å². The maximum atomic E-state index is 9.40. The molecule has 0 unspecified atom stereocenters. The summed E-state index contributed by atoms with van der Waals surface area (Å²) >= 11 is 0. The highest BCUT2D eigenvalue weighted by Gasteiger charge is 2.25. The van der Waals surface area contributed by atoms with Crippen LogP contribution in [-0.2, 0) is 0 Å². The first-order chi connectivity index (χ1) is 9.81. The molecule has 1 aromatic rings. The fraction of sp³-hybridized carbons (Fsp3) is 0.600. The topological polar surface area (TPSA) is 54.0 Å². The van der Waals surface area contributed by atoms with Gasteiger partial charge in [-0.2, -0.15) is 0 Å². The molecule has 120 valence electrons. The van der Waals surface area contributed by atoms with Gasteiger partial charge in [0, 0.05) is 44.4 Å². The Morgan fingerprint density at radius 1 is 1.24 bits per heavy atom. The number of ether oxygens (including phenoxy) is 2. The second-order valence-electron chi connectivity index (χ2n) is 4.90. The maximum absolute atomic E-state index is 9.40. The monoisotopic (exact) mass is 316 g/mol. The van der Waals surface area contributed by atoms with Gasteiger partial charge < -0.3 is 19.9 Å². The number of aliphatic hydroxyl groups excluding tert-OH is 1. The third-order valence-corrected chi connectivity index (χ3v) is 3.79. The zero-order valence-electron chi connectivity index (χ0n) is 12.7. The van der Waals surface area contributed by atoms with Crippen molar-refractivity contribution in [2.45, 2.75) is 12.5 Å². The number of halogens is 1. The number of piperazine rings is 1. The molecule has 0 radical (unpaired) electrons. The van der Waals surface area contributed by atoms with E-state index in [1.54, 1.807) is 14.2 Å². The molecule has 1 heterocycles. The highest BCUT2D eigenvalue weighted by molar-refractivity contribution is 5.85. The van der Waals surface area contributed by atoms with Crippen LogP contribution in [0.1, 0.15) is 18.0 Å². The number of para-hydroxylation sites is 1. The van der Waals surface area contributed by atoms with Crippen LogP contribution in [0.4, 0.5) is 0 Å². The third-order valence-electron chi connectivity index (χ3n) is 3.79. The lowest BCUT2D eigenvalue weighted by Gasteiger charge is -2.35. The van der Waals surface area contributed by atoms with Gasteiger partial charge in [0.15, 0.2) is 11.5 Å². The molecule has 2 rings (SSSR count). The molecule has 1 atom stereocenters. The zero-order valence-corrected chi connectivity index (χ0v) is 13.5. The molecule has 5 nitrogen and oxygen atoms in total. The summed E-state index contributed by atoms with van der Waals surface area (Å²) in [6.45, 7) is 4.08. The minimum absolute atomic E-state index is 0. The van der Waals surface area contributed by atoms with Crippen LogP contribution in [0.15, 0.2) is 18.2 Å². The first-order valence-corrected chi connectivity index (χ1v) is 7.08. The van der Waals surface area contributed by atoms with Gasteiger partial charge >= 0.3 is 0 Å². The molecule has 0 bridgehead atoms. The highest BCUT2D eigenvalue weighted by atomic mass is 35.5. The molecule has 21 heavy (non-hydrogen) atoms. The number of nitrogens with one attached hydrogen (secondary N) is 1. The number of hydrogen-bond donors (Lipinski definition) is 2. The van der Waals surface area contributed by atoms with Gasteiger partial charge in [-0.25, -0.2) is 0 Å². The molecule has 1 aromatic carbocycles. The lowest BCUT2D eigenvalue weighted by Crippen LogP contribution is -2.45. The molecular formula is C15H25ClN2O3. The number of hydrogen-bond acceptors (Lipinski definition) is 5. The maximum Gasteiger partial charge on any atom is 0.165 e. The molecule has 0 amide bonds. The summed E-state index contributed by atoms with van der Waals surface area (Å²) in [5.41, 5.74) is 1.09. The summed E-state index contributed by atoms with van der Waals surface area (Å²) in [4.78, 5) is 2.39. The molecular weight excluding hydrogens is 292 g/mol. The Hall–Kier alpha value is -1.01. The Bertz CT molecular complexity index is 425. The van der Waals surface area contributed by atoms with Gasteiger partial charge in [-0.3, -0.25) is 4.90 Å². The van der Waals surface area contributed by atoms with Gasteiger partial charge in [-0.15, -0.1) is 12.4 Å². The van der Waals surface area contributed by atoms with Crippen LogP contribution in [0.5, 0.6) is 11.5 Å². The van der Waals surface area contributed by atoms with Crippen molar-refractivity contribution < 1.29 is 14.6 Å². The van der Waals surface area contributed by atoms with E-state index in [0.717, 1.165) is 43.2 Å². The summed E-state index contributed by atoms with van der Waals surface area (Å²) in [6.07, 6.45) is 0.698. The first-order valence-electron chi connectivity index (χ1n) is 7.08. The van der Waals surface area contributed by atoms with Crippen LogP contribution in [-0.4, -0.2) is 57.0 Å². The van der Waals surface area contributed by atoms with Crippen molar-refractivity contribution in [1.29, 1.82) is 0 Å². The second-order valence-corrected chi connectivity index (χ2v) is 4.90. The number of nitrogens with zero attached hydrogens (tertiary/aromatic N) is 1. The summed E-state index contributed by atoms with van der Waals surface area (Å²) in [5.74, 6) is 1.51.